The van der Waals surface area contributed by atoms with Crippen LogP contribution in [0.4, 0.5) is 20.2 Å². The van der Waals surface area contributed by atoms with Crippen LogP contribution in [0.25, 0.3) is 11.3 Å². The minimum Gasteiger partial charge on any atom is -0.397 e. The predicted octanol–water partition coefficient (Wildman–Crippen LogP) is 4.08. The van der Waals surface area contributed by atoms with Gasteiger partial charge < -0.3 is 16.2 Å². The van der Waals surface area contributed by atoms with Gasteiger partial charge in [0.25, 0.3) is 5.91 Å². The Balaban J connectivity index is 1.63. The SMILES string of the molecule is CC1CC(c2ccncc2NC(=O)c2nc(-c3c(F)cccc3P)ccc2N)CC(O)C1CF. The lowest BCUT2D eigenvalue weighted by Gasteiger charge is -2.37. The molecule has 4 rings (SSSR count). The van der Waals surface area contributed by atoms with Gasteiger partial charge in [-0.15, -0.1) is 9.24 Å². The number of carbonyl (C=O) groups excluding carboxylic acids is 1. The van der Waals surface area contributed by atoms with E-state index in [4.69, 9.17) is 5.73 Å². The number of nitrogen functional groups attached to an aromatic ring is 1. The fraction of sp³-hybridized carbons (Fsp3) is 0.320. The fourth-order valence-electron chi connectivity index (χ4n) is 4.72. The number of anilines is 2. The summed E-state index contributed by atoms with van der Waals surface area (Å²) in [5.74, 6) is -1.47. The number of amides is 1. The van der Waals surface area contributed by atoms with E-state index >= 15 is 0 Å². The highest BCUT2D eigenvalue weighted by atomic mass is 31.0. The zero-order valence-electron chi connectivity index (χ0n) is 18.7. The number of nitrogens with two attached hydrogens (primary N) is 1. The standard InChI is InChI=1S/C25H27F2N4O2P/c1-13-9-14(10-21(32)16(13)11-26)15-7-8-29-12-20(15)31-25(33)24-18(28)5-6-19(30-24)23-17(27)3-2-4-22(23)34/h2-8,12-14,16,21,32H,9-11,28,34H2,1H3,(H,31,33). The normalized spacial score (nSPS) is 22.4. The molecule has 1 amide bonds. The number of halogens is 2. The van der Waals surface area contributed by atoms with Crippen molar-refractivity contribution >= 4 is 31.8 Å². The van der Waals surface area contributed by atoms with Gasteiger partial charge in [-0.1, -0.05) is 19.1 Å². The van der Waals surface area contributed by atoms with Crippen LogP contribution >= 0.6 is 9.24 Å². The van der Waals surface area contributed by atoms with Gasteiger partial charge in [0.05, 0.1) is 36.0 Å². The Labute approximate surface area is 199 Å². The summed E-state index contributed by atoms with van der Waals surface area (Å²) in [4.78, 5) is 21.7. The molecule has 5 unspecified atom stereocenters. The summed E-state index contributed by atoms with van der Waals surface area (Å²) in [5, 5.41) is 13.9. The third kappa shape index (κ3) is 4.79. The first kappa shape index (κ1) is 24.2. The van der Waals surface area contributed by atoms with Gasteiger partial charge in [-0.2, -0.15) is 0 Å². The minimum absolute atomic E-state index is 0.00802. The highest BCUT2D eigenvalue weighted by Crippen LogP contribution is 2.42. The van der Waals surface area contributed by atoms with Crippen molar-refractivity contribution in [3.63, 3.8) is 0 Å². The van der Waals surface area contributed by atoms with Crippen molar-refractivity contribution < 1.29 is 18.7 Å². The molecule has 4 N–H and O–H groups in total. The Morgan fingerprint density at radius 3 is 2.76 bits per heavy atom. The van der Waals surface area contributed by atoms with Crippen molar-refractivity contribution in [3.8, 4) is 11.3 Å². The van der Waals surface area contributed by atoms with E-state index < -0.39 is 24.5 Å². The molecule has 5 atom stereocenters. The van der Waals surface area contributed by atoms with Crippen LogP contribution in [0.3, 0.4) is 0 Å². The number of nitrogens with one attached hydrogen (secondary N) is 1. The average Bonchev–Trinajstić information content (AvgIpc) is 2.80. The van der Waals surface area contributed by atoms with E-state index in [0.717, 1.165) is 5.56 Å². The van der Waals surface area contributed by atoms with Gasteiger partial charge in [-0.25, -0.2) is 9.37 Å². The molecule has 1 aliphatic carbocycles. The third-order valence-corrected chi connectivity index (χ3v) is 7.05. The zero-order valence-corrected chi connectivity index (χ0v) is 19.9. The second-order valence-electron chi connectivity index (χ2n) is 8.79. The number of pyridine rings is 2. The number of benzene rings is 1. The smallest absolute Gasteiger partial charge is 0.276 e. The Hall–Kier alpha value is -2.96. The molecular formula is C25H27F2N4O2P. The van der Waals surface area contributed by atoms with E-state index in [9.17, 15) is 18.7 Å². The number of hydrogen-bond acceptors (Lipinski definition) is 5. The second kappa shape index (κ2) is 10.1. The van der Waals surface area contributed by atoms with Crippen molar-refractivity contribution in [3.05, 3.63) is 65.9 Å². The highest BCUT2D eigenvalue weighted by molar-refractivity contribution is 7.28. The molecule has 1 saturated carbocycles. The molecule has 0 spiro atoms. The number of nitrogens with zero attached hydrogens (tertiary/aromatic N) is 2. The maximum Gasteiger partial charge on any atom is 0.276 e. The van der Waals surface area contributed by atoms with E-state index in [1.807, 2.05) is 6.92 Å². The van der Waals surface area contributed by atoms with Crippen molar-refractivity contribution in [2.75, 3.05) is 17.7 Å². The lowest BCUT2D eigenvalue weighted by molar-refractivity contribution is 0.0158. The number of rotatable bonds is 5. The van der Waals surface area contributed by atoms with Gasteiger partial charge >= 0.3 is 0 Å². The van der Waals surface area contributed by atoms with Gasteiger partial charge in [-0.3, -0.25) is 14.2 Å². The molecule has 2 heterocycles. The lowest BCUT2D eigenvalue weighted by atomic mass is 9.71. The fourth-order valence-corrected chi connectivity index (χ4v) is 5.12. The summed E-state index contributed by atoms with van der Waals surface area (Å²) in [6, 6.07) is 9.54. The van der Waals surface area contributed by atoms with E-state index in [1.54, 1.807) is 30.5 Å². The number of aliphatic hydroxyl groups is 1. The summed E-state index contributed by atoms with van der Waals surface area (Å²) >= 11 is 0. The number of hydrogen-bond donors (Lipinski definition) is 3. The summed E-state index contributed by atoms with van der Waals surface area (Å²) in [6.07, 6.45) is 3.47. The predicted molar refractivity (Wildman–Crippen MR) is 132 cm³/mol. The highest BCUT2D eigenvalue weighted by Gasteiger charge is 2.36. The maximum atomic E-state index is 14.5. The lowest BCUT2D eigenvalue weighted by Crippen LogP contribution is -2.36. The van der Waals surface area contributed by atoms with E-state index in [0.29, 0.717) is 23.8 Å². The monoisotopic (exact) mass is 484 g/mol. The number of carbonyl (C=O) groups is 1. The van der Waals surface area contributed by atoms with Crippen molar-refractivity contribution in [2.24, 2.45) is 11.8 Å². The van der Waals surface area contributed by atoms with Crippen molar-refractivity contribution in [2.45, 2.75) is 31.8 Å². The van der Waals surface area contributed by atoms with Crippen LogP contribution in [0.15, 0.2) is 48.8 Å². The number of aliphatic hydroxyl groups excluding tert-OH is 1. The van der Waals surface area contributed by atoms with Gasteiger partial charge in [-0.05, 0) is 59.8 Å². The molecule has 0 radical (unpaired) electrons. The Morgan fingerprint density at radius 1 is 1.26 bits per heavy atom. The van der Waals surface area contributed by atoms with Gasteiger partial charge in [0.15, 0.2) is 5.69 Å². The van der Waals surface area contributed by atoms with Crippen LogP contribution in [0.2, 0.25) is 0 Å². The minimum atomic E-state index is -0.758. The second-order valence-corrected chi connectivity index (χ2v) is 9.41. The third-order valence-electron chi connectivity index (χ3n) is 6.57. The largest absolute Gasteiger partial charge is 0.397 e. The van der Waals surface area contributed by atoms with Crippen LogP contribution in [0.5, 0.6) is 0 Å². The van der Waals surface area contributed by atoms with Gasteiger partial charge in [0.2, 0.25) is 0 Å². The van der Waals surface area contributed by atoms with Crippen LogP contribution in [0.1, 0.15) is 41.7 Å². The Kier molecular flexibility index (Phi) is 7.19. The topological polar surface area (TPSA) is 101 Å². The summed E-state index contributed by atoms with van der Waals surface area (Å²) in [7, 11) is 2.46. The van der Waals surface area contributed by atoms with Crippen LogP contribution < -0.4 is 16.4 Å². The molecule has 6 nitrogen and oxygen atoms in total. The first-order valence-corrected chi connectivity index (χ1v) is 11.7. The molecule has 0 bridgehead atoms. The van der Waals surface area contributed by atoms with E-state index in [2.05, 4.69) is 24.5 Å². The quantitative estimate of drug-likeness (QED) is 0.474. The van der Waals surface area contributed by atoms with Crippen molar-refractivity contribution in [1.82, 2.24) is 9.97 Å². The van der Waals surface area contributed by atoms with E-state index in [1.165, 1.54) is 18.3 Å². The molecule has 9 heteroatoms. The molecule has 1 aliphatic rings. The van der Waals surface area contributed by atoms with Gasteiger partial charge in [0.1, 0.15) is 5.82 Å². The number of alkyl halides is 1. The summed E-state index contributed by atoms with van der Waals surface area (Å²) < 4.78 is 27.8. The van der Waals surface area contributed by atoms with Crippen LogP contribution in [-0.2, 0) is 0 Å². The maximum absolute atomic E-state index is 14.5. The molecule has 0 aliphatic heterocycles. The first-order chi connectivity index (χ1) is 16.3. The molecule has 34 heavy (non-hydrogen) atoms. The van der Waals surface area contributed by atoms with Crippen molar-refractivity contribution in [1.29, 1.82) is 0 Å². The Morgan fingerprint density at radius 2 is 2.06 bits per heavy atom. The molecule has 0 saturated heterocycles. The first-order valence-electron chi connectivity index (χ1n) is 11.1. The summed E-state index contributed by atoms with van der Waals surface area (Å²) in [5.41, 5.74) is 8.00. The van der Waals surface area contributed by atoms with Crippen LogP contribution in [-0.4, -0.2) is 33.8 Å². The molecule has 1 aromatic carbocycles. The Bertz CT molecular complexity index is 1180. The average molecular weight is 484 g/mol. The molecule has 178 valence electrons. The van der Waals surface area contributed by atoms with E-state index in [-0.39, 0.29) is 40.4 Å². The van der Waals surface area contributed by atoms with Gasteiger partial charge in [0, 0.05) is 17.7 Å². The molecule has 1 fully saturated rings. The molecule has 2 aromatic heterocycles. The van der Waals surface area contributed by atoms with Crippen LogP contribution in [0, 0.1) is 17.7 Å². The number of aromatic nitrogens is 2. The molecular weight excluding hydrogens is 457 g/mol. The molecule has 3 aromatic rings. The zero-order chi connectivity index (χ0) is 24.4. The summed E-state index contributed by atoms with van der Waals surface area (Å²) in [6.45, 7) is 1.37.